The predicted octanol–water partition coefficient (Wildman–Crippen LogP) is 4.14. The van der Waals surface area contributed by atoms with Crippen molar-refractivity contribution in [2.75, 3.05) is 45.9 Å². The summed E-state index contributed by atoms with van der Waals surface area (Å²) in [6, 6.07) is 0. The second-order valence-electron chi connectivity index (χ2n) is 9.24. The zero-order chi connectivity index (χ0) is 24.2. The smallest absolute Gasteiger partial charge is 0.359 e. The fourth-order valence-electron chi connectivity index (χ4n) is 4.25. The summed E-state index contributed by atoms with van der Waals surface area (Å²) < 4.78 is 7.45. The van der Waals surface area contributed by atoms with Crippen LogP contribution in [0.5, 0.6) is 0 Å². The van der Waals surface area contributed by atoms with Crippen LogP contribution in [-0.4, -0.2) is 83.5 Å². The van der Waals surface area contributed by atoms with Crippen LogP contribution in [0.15, 0.2) is 0 Å². The van der Waals surface area contributed by atoms with Crippen LogP contribution in [0.4, 0.5) is 0 Å². The normalized spacial score (nSPS) is 17.4. The molecule has 1 atom stereocenters. The highest BCUT2D eigenvalue weighted by atomic mass is 16.5. The summed E-state index contributed by atoms with van der Waals surface area (Å²) >= 11 is 0. The number of carbonyl (C=O) groups is 2. The Labute approximate surface area is 200 Å². The largest absolute Gasteiger partial charge is 0.480 e. The number of carboxylic acids is 2. The molecule has 0 spiro atoms. The Hall–Kier alpha value is -1.91. The number of unbranched alkanes of at least 4 members (excludes halogenated alkanes) is 12. The molecule has 188 valence electrons. The highest BCUT2D eigenvalue weighted by Gasteiger charge is 2.39. The van der Waals surface area contributed by atoms with E-state index >= 15 is 0 Å². The first kappa shape index (κ1) is 29.1. The first-order valence-electron chi connectivity index (χ1n) is 12.9. The Kier molecular flexibility index (Phi) is 16.3. The van der Waals surface area contributed by atoms with Gasteiger partial charge in [-0.3, -0.25) is 0 Å². The number of hydrogen-bond donors (Lipinski definition) is 2. The van der Waals surface area contributed by atoms with Gasteiger partial charge in [-0.25, -0.2) is 14.1 Å². The minimum absolute atomic E-state index is 0.0286. The zero-order valence-electron chi connectivity index (χ0n) is 20.7. The van der Waals surface area contributed by atoms with Gasteiger partial charge in [-0.1, -0.05) is 83.5 Å². The number of nitrogens with zero attached hydrogens (tertiary/aromatic N) is 2. The fraction of sp³-hybridized carbons (Fsp3) is 0.808. The number of rotatable bonds is 20. The topological polar surface area (TPSA) is 86.8 Å². The molecule has 0 aliphatic carbocycles. The van der Waals surface area contributed by atoms with Crippen LogP contribution in [0.1, 0.15) is 90.4 Å². The molecule has 1 aliphatic heterocycles. The van der Waals surface area contributed by atoms with Crippen molar-refractivity contribution in [1.29, 1.82) is 0 Å². The number of carboxylic acid groups (broad SMARTS) is 2. The molecule has 1 unspecified atom stereocenters. The third-order valence-corrected chi connectivity index (χ3v) is 6.16. The first-order valence-corrected chi connectivity index (χ1v) is 12.9. The SMILES string of the molecule is CCCCCCCCCCCCCCC#CC[N+]1=C[N+](CCOCC(=O)O)(CC(=O)O)CC1. The molecule has 0 saturated heterocycles. The van der Waals surface area contributed by atoms with Gasteiger partial charge < -0.3 is 14.9 Å². The summed E-state index contributed by atoms with van der Waals surface area (Å²) in [4.78, 5) is 21.9. The summed E-state index contributed by atoms with van der Waals surface area (Å²) in [5.74, 6) is 4.59. The van der Waals surface area contributed by atoms with Gasteiger partial charge in [0.05, 0.1) is 6.61 Å². The Bertz CT molecular complexity index is 653. The molecule has 7 heteroatoms. The van der Waals surface area contributed by atoms with Gasteiger partial charge in [-0.15, -0.1) is 0 Å². The monoisotopic (exact) mass is 466 g/mol. The van der Waals surface area contributed by atoms with Gasteiger partial charge in [-0.05, 0) is 12.3 Å². The molecule has 0 fully saturated rings. The third kappa shape index (κ3) is 15.5. The molecular formula is C26H46N2O5+2. The van der Waals surface area contributed by atoms with Crippen molar-refractivity contribution in [3.05, 3.63) is 0 Å². The van der Waals surface area contributed by atoms with E-state index in [1.807, 2.05) is 6.34 Å². The average molecular weight is 467 g/mol. The maximum atomic E-state index is 11.3. The van der Waals surface area contributed by atoms with Gasteiger partial charge in [-0.2, -0.15) is 4.58 Å². The van der Waals surface area contributed by atoms with Crippen molar-refractivity contribution < 1.29 is 33.6 Å². The predicted molar refractivity (Wildman–Crippen MR) is 130 cm³/mol. The van der Waals surface area contributed by atoms with Crippen molar-refractivity contribution in [2.45, 2.75) is 90.4 Å². The lowest BCUT2D eigenvalue weighted by Gasteiger charge is -2.24. The minimum atomic E-state index is -1.02. The lowest BCUT2D eigenvalue weighted by atomic mass is 10.0. The molecule has 1 rings (SSSR count). The third-order valence-electron chi connectivity index (χ3n) is 6.16. The van der Waals surface area contributed by atoms with Crippen molar-refractivity contribution >= 4 is 18.3 Å². The molecule has 0 saturated carbocycles. The van der Waals surface area contributed by atoms with Crippen LogP contribution in [0.3, 0.4) is 0 Å². The molecule has 2 N–H and O–H groups in total. The molecular weight excluding hydrogens is 420 g/mol. The molecule has 1 aliphatic rings. The maximum Gasteiger partial charge on any atom is 0.359 e. The van der Waals surface area contributed by atoms with Gasteiger partial charge in [0.1, 0.15) is 19.7 Å². The van der Waals surface area contributed by atoms with Crippen LogP contribution in [0.25, 0.3) is 0 Å². The van der Waals surface area contributed by atoms with E-state index in [-0.39, 0.29) is 24.2 Å². The molecule has 0 aromatic heterocycles. The average Bonchev–Trinajstić information content (AvgIpc) is 3.16. The lowest BCUT2D eigenvalue weighted by molar-refractivity contribution is -0.823. The first-order chi connectivity index (χ1) is 16.0. The highest BCUT2D eigenvalue weighted by molar-refractivity contribution is 5.69. The van der Waals surface area contributed by atoms with Crippen molar-refractivity contribution in [2.24, 2.45) is 0 Å². The second kappa shape index (κ2) is 18.5. The van der Waals surface area contributed by atoms with E-state index in [0.717, 1.165) is 19.4 Å². The van der Waals surface area contributed by atoms with E-state index < -0.39 is 11.9 Å². The number of quaternary nitrogens is 1. The van der Waals surface area contributed by atoms with E-state index in [1.165, 1.54) is 70.6 Å². The summed E-state index contributed by atoms with van der Waals surface area (Å²) in [6.07, 6.45) is 18.9. The summed E-state index contributed by atoms with van der Waals surface area (Å²) in [7, 11) is 0. The van der Waals surface area contributed by atoms with Crippen LogP contribution in [0, 0.1) is 11.8 Å². The molecule has 0 aromatic rings. The second-order valence-corrected chi connectivity index (χ2v) is 9.24. The van der Waals surface area contributed by atoms with Gasteiger partial charge >= 0.3 is 18.3 Å². The van der Waals surface area contributed by atoms with E-state index in [0.29, 0.717) is 19.6 Å². The zero-order valence-corrected chi connectivity index (χ0v) is 20.7. The molecule has 7 nitrogen and oxygen atoms in total. The maximum absolute atomic E-state index is 11.3. The van der Waals surface area contributed by atoms with Crippen molar-refractivity contribution in [3.8, 4) is 11.8 Å². The van der Waals surface area contributed by atoms with Crippen LogP contribution >= 0.6 is 0 Å². The quantitative estimate of drug-likeness (QED) is 0.122. The van der Waals surface area contributed by atoms with Crippen LogP contribution < -0.4 is 0 Å². The van der Waals surface area contributed by atoms with Crippen molar-refractivity contribution in [3.63, 3.8) is 0 Å². The van der Waals surface area contributed by atoms with Crippen LogP contribution in [0.2, 0.25) is 0 Å². The standard InChI is InChI=1S/C26H44N2O5/c1-2-3-4-5-6-7-8-9-10-11-12-13-14-15-16-17-27-18-19-28(24-27,22-25(29)30)20-21-33-23-26(31)32/h24H,2-14,17-23H2,1H3/p+2. The Morgan fingerprint density at radius 3 is 2.09 bits per heavy atom. The number of hydrogen-bond acceptors (Lipinski definition) is 3. The molecule has 0 aromatic carbocycles. The Morgan fingerprint density at radius 2 is 1.52 bits per heavy atom. The minimum Gasteiger partial charge on any atom is -0.480 e. The van der Waals surface area contributed by atoms with E-state index in [9.17, 15) is 14.7 Å². The summed E-state index contributed by atoms with van der Waals surface area (Å²) in [5, 5.41) is 17.9. The Balaban J connectivity index is 2.15. The summed E-state index contributed by atoms with van der Waals surface area (Å²) in [6.45, 7) is 4.56. The Morgan fingerprint density at radius 1 is 0.909 bits per heavy atom. The van der Waals surface area contributed by atoms with Crippen LogP contribution in [-0.2, 0) is 14.3 Å². The molecule has 0 radical (unpaired) electrons. The van der Waals surface area contributed by atoms with Gasteiger partial charge in [0.15, 0.2) is 13.1 Å². The summed E-state index contributed by atoms with van der Waals surface area (Å²) in [5.41, 5.74) is 0. The lowest BCUT2D eigenvalue weighted by Crippen LogP contribution is -2.51. The van der Waals surface area contributed by atoms with Gasteiger partial charge in [0, 0.05) is 6.42 Å². The highest BCUT2D eigenvalue weighted by Crippen LogP contribution is 2.12. The van der Waals surface area contributed by atoms with E-state index in [1.54, 1.807) is 0 Å². The van der Waals surface area contributed by atoms with E-state index in [2.05, 4.69) is 23.3 Å². The van der Waals surface area contributed by atoms with Gasteiger partial charge in [0.2, 0.25) is 6.54 Å². The van der Waals surface area contributed by atoms with Gasteiger partial charge in [0.25, 0.3) is 0 Å². The molecule has 0 amide bonds. The fourth-order valence-corrected chi connectivity index (χ4v) is 4.25. The molecule has 0 bridgehead atoms. The molecule has 33 heavy (non-hydrogen) atoms. The van der Waals surface area contributed by atoms with Crippen molar-refractivity contribution in [1.82, 2.24) is 0 Å². The molecule has 1 heterocycles. The van der Waals surface area contributed by atoms with E-state index in [4.69, 9.17) is 9.84 Å². The number of aliphatic carboxylic acids is 2. The number of ether oxygens (including phenoxy) is 1.